The van der Waals surface area contributed by atoms with E-state index in [1.165, 1.54) is 0 Å². The van der Waals surface area contributed by atoms with Crippen molar-refractivity contribution in [1.29, 1.82) is 0 Å². The number of fused-ring (bicyclic) bond motifs is 1. The van der Waals surface area contributed by atoms with Gasteiger partial charge in [0.15, 0.2) is 16.7 Å². The smallest absolute Gasteiger partial charge is 0.322 e. The lowest BCUT2D eigenvalue weighted by molar-refractivity contribution is 0.174. The van der Waals surface area contributed by atoms with Crippen LogP contribution in [-0.4, -0.2) is 33.8 Å². The number of benzene rings is 2. The molecule has 0 fully saturated rings. The fourth-order valence-corrected chi connectivity index (χ4v) is 3.75. The minimum absolute atomic E-state index is 0.144. The maximum atomic E-state index is 12.7. The Morgan fingerprint density at radius 1 is 1.21 bits per heavy atom. The lowest BCUT2D eigenvalue weighted by Crippen LogP contribution is -2.34. The van der Waals surface area contributed by atoms with Crippen molar-refractivity contribution in [3.8, 4) is 11.5 Å². The van der Waals surface area contributed by atoms with E-state index >= 15 is 0 Å². The second-order valence-corrected chi connectivity index (χ2v) is 7.62. The fourth-order valence-electron chi connectivity index (χ4n) is 2.95. The number of carbonyl (C=O) groups excluding carboxylic acids is 1. The maximum absolute atomic E-state index is 12.7. The number of rotatable bonds is 6. The number of nitrogens with one attached hydrogen (secondary N) is 1. The van der Waals surface area contributed by atoms with Crippen LogP contribution in [0.2, 0.25) is 0 Å². The summed E-state index contributed by atoms with van der Waals surface area (Å²) in [5.74, 6) is 1.46. The van der Waals surface area contributed by atoms with Gasteiger partial charge in [0.05, 0.1) is 0 Å². The van der Waals surface area contributed by atoms with Gasteiger partial charge in [-0.3, -0.25) is 0 Å². The zero-order valence-corrected chi connectivity index (χ0v) is 17.1. The molecule has 0 spiro atoms. The number of urea groups is 1. The summed E-state index contributed by atoms with van der Waals surface area (Å²) in [6.07, 6.45) is 3.69. The molecule has 2 aromatic carbocycles. The first-order valence-electron chi connectivity index (χ1n) is 9.32. The summed E-state index contributed by atoms with van der Waals surface area (Å²) in [6, 6.07) is 13.4. The summed E-state index contributed by atoms with van der Waals surface area (Å²) in [6.45, 7) is 3.28. The number of nitrogens with zero attached hydrogens (tertiary/aromatic N) is 3. The number of amides is 2. The van der Waals surface area contributed by atoms with Crippen LogP contribution in [0.3, 0.4) is 0 Å². The highest BCUT2D eigenvalue weighted by atomic mass is 32.2. The van der Waals surface area contributed by atoms with Gasteiger partial charge in [0.1, 0.15) is 0 Å². The number of hydrogen-bond acceptors (Lipinski definition) is 5. The van der Waals surface area contributed by atoms with Gasteiger partial charge in [0.25, 0.3) is 0 Å². The first-order chi connectivity index (χ1) is 14.1. The molecule has 1 aliphatic heterocycles. The topological polar surface area (TPSA) is 68.6 Å². The highest BCUT2D eigenvalue weighted by molar-refractivity contribution is 7.99. The molecule has 150 valence electrons. The minimum Gasteiger partial charge on any atom is -0.454 e. The molecule has 29 heavy (non-hydrogen) atoms. The van der Waals surface area contributed by atoms with Crippen molar-refractivity contribution < 1.29 is 14.3 Å². The van der Waals surface area contributed by atoms with E-state index in [0.717, 1.165) is 32.8 Å². The molecule has 2 heterocycles. The molecule has 1 aromatic heterocycles. The summed E-state index contributed by atoms with van der Waals surface area (Å²) >= 11 is 1.58. The van der Waals surface area contributed by atoms with Crippen LogP contribution in [0.4, 0.5) is 10.5 Å². The molecule has 7 nitrogen and oxygen atoms in total. The van der Waals surface area contributed by atoms with E-state index in [9.17, 15) is 4.79 Å². The zero-order valence-electron chi connectivity index (χ0n) is 16.3. The van der Waals surface area contributed by atoms with E-state index in [-0.39, 0.29) is 12.8 Å². The number of aromatic nitrogens is 2. The third-order valence-electron chi connectivity index (χ3n) is 4.57. The van der Waals surface area contributed by atoms with Crippen LogP contribution in [0.25, 0.3) is 0 Å². The lowest BCUT2D eigenvalue weighted by Gasteiger charge is -2.21. The van der Waals surface area contributed by atoms with Crippen LogP contribution in [-0.2, 0) is 13.6 Å². The molecule has 0 radical (unpaired) electrons. The Morgan fingerprint density at radius 2 is 2.00 bits per heavy atom. The SMILES string of the molecule is CCN(Cc1ccc2c(c1)OCO2)C(=O)Nc1ccc(Sc2nccn2C)cc1. The van der Waals surface area contributed by atoms with E-state index < -0.39 is 0 Å². The molecule has 0 atom stereocenters. The summed E-state index contributed by atoms with van der Waals surface area (Å²) in [7, 11) is 1.96. The molecule has 4 rings (SSSR count). The molecule has 0 bridgehead atoms. The van der Waals surface area contributed by atoms with Crippen molar-refractivity contribution >= 4 is 23.5 Å². The van der Waals surface area contributed by atoms with Gasteiger partial charge in [-0.25, -0.2) is 9.78 Å². The molecule has 0 saturated carbocycles. The van der Waals surface area contributed by atoms with Gasteiger partial charge in [-0.05, 0) is 48.9 Å². The van der Waals surface area contributed by atoms with Gasteiger partial charge in [0, 0.05) is 43.1 Å². The largest absolute Gasteiger partial charge is 0.454 e. The van der Waals surface area contributed by atoms with Gasteiger partial charge in [-0.2, -0.15) is 0 Å². The van der Waals surface area contributed by atoms with Crippen LogP contribution < -0.4 is 14.8 Å². The van der Waals surface area contributed by atoms with Crippen molar-refractivity contribution in [3.05, 3.63) is 60.4 Å². The van der Waals surface area contributed by atoms with Crippen molar-refractivity contribution in [2.45, 2.75) is 23.5 Å². The minimum atomic E-state index is -0.144. The number of ether oxygens (including phenoxy) is 2. The molecule has 1 aliphatic rings. The molecule has 3 aromatic rings. The molecular formula is C21H22N4O3S. The molecule has 8 heteroatoms. The van der Waals surface area contributed by atoms with E-state index in [0.29, 0.717) is 13.1 Å². The monoisotopic (exact) mass is 410 g/mol. The highest BCUT2D eigenvalue weighted by Gasteiger charge is 2.17. The first kappa shape index (κ1) is 19.2. The summed E-state index contributed by atoms with van der Waals surface area (Å²) in [5.41, 5.74) is 1.75. The molecule has 0 unspecified atom stereocenters. The Kier molecular flexibility index (Phi) is 5.62. The number of anilines is 1. The molecule has 0 saturated heterocycles. The van der Waals surface area contributed by atoms with E-state index in [1.807, 2.05) is 67.2 Å². The van der Waals surface area contributed by atoms with Gasteiger partial charge < -0.3 is 24.3 Å². The average Bonchev–Trinajstić information content (AvgIpc) is 3.36. The van der Waals surface area contributed by atoms with Gasteiger partial charge in [-0.15, -0.1) is 0 Å². The number of carbonyl (C=O) groups is 1. The molecule has 0 aliphatic carbocycles. The van der Waals surface area contributed by atoms with Crippen molar-refractivity contribution in [3.63, 3.8) is 0 Å². The average molecular weight is 410 g/mol. The standard InChI is InChI=1S/C21H22N4O3S/c1-3-25(13-15-4-9-18-19(12-15)28-14-27-18)20(26)23-16-5-7-17(8-6-16)29-21-22-10-11-24(21)2/h4-12H,3,13-14H2,1-2H3,(H,23,26). The van der Waals surface area contributed by atoms with Crippen molar-refractivity contribution in [1.82, 2.24) is 14.5 Å². The van der Waals surface area contributed by atoms with Crippen LogP contribution in [0, 0.1) is 0 Å². The Bertz CT molecular complexity index is 1000. The lowest BCUT2D eigenvalue weighted by atomic mass is 10.2. The second kappa shape index (κ2) is 8.48. The normalized spacial score (nSPS) is 12.1. The zero-order chi connectivity index (χ0) is 20.2. The van der Waals surface area contributed by atoms with Crippen LogP contribution in [0.15, 0.2) is 64.9 Å². The van der Waals surface area contributed by atoms with Crippen molar-refractivity contribution in [2.75, 3.05) is 18.7 Å². The Labute approximate surface area is 173 Å². The maximum Gasteiger partial charge on any atom is 0.322 e. The van der Waals surface area contributed by atoms with E-state index in [1.54, 1.807) is 22.9 Å². The Morgan fingerprint density at radius 3 is 2.72 bits per heavy atom. The van der Waals surface area contributed by atoms with Crippen LogP contribution >= 0.6 is 11.8 Å². The third kappa shape index (κ3) is 4.48. The summed E-state index contributed by atoms with van der Waals surface area (Å²) < 4.78 is 12.7. The predicted molar refractivity (Wildman–Crippen MR) is 111 cm³/mol. The molecule has 2 amide bonds. The van der Waals surface area contributed by atoms with Gasteiger partial charge >= 0.3 is 6.03 Å². The molecule has 1 N–H and O–H groups in total. The Balaban J connectivity index is 1.37. The third-order valence-corrected chi connectivity index (χ3v) is 5.65. The second-order valence-electron chi connectivity index (χ2n) is 6.58. The summed E-state index contributed by atoms with van der Waals surface area (Å²) in [4.78, 5) is 19.8. The summed E-state index contributed by atoms with van der Waals surface area (Å²) in [5, 5.41) is 3.88. The number of hydrogen-bond donors (Lipinski definition) is 1. The molecular weight excluding hydrogens is 388 g/mol. The van der Waals surface area contributed by atoms with E-state index in [2.05, 4.69) is 10.3 Å². The number of imidazole rings is 1. The van der Waals surface area contributed by atoms with E-state index in [4.69, 9.17) is 9.47 Å². The van der Waals surface area contributed by atoms with Crippen LogP contribution in [0.1, 0.15) is 12.5 Å². The number of aryl methyl sites for hydroxylation is 1. The van der Waals surface area contributed by atoms with Crippen LogP contribution in [0.5, 0.6) is 11.5 Å². The van der Waals surface area contributed by atoms with Crippen molar-refractivity contribution in [2.24, 2.45) is 7.05 Å². The Hall–Kier alpha value is -3.13. The van der Waals surface area contributed by atoms with Gasteiger partial charge in [0.2, 0.25) is 6.79 Å². The highest BCUT2D eigenvalue weighted by Crippen LogP contribution is 2.33. The predicted octanol–water partition coefficient (Wildman–Crippen LogP) is 4.35. The fraction of sp³-hybridized carbons (Fsp3) is 0.238. The quantitative estimate of drug-likeness (QED) is 0.654. The first-order valence-corrected chi connectivity index (χ1v) is 10.1. The van der Waals surface area contributed by atoms with Gasteiger partial charge in [-0.1, -0.05) is 17.8 Å².